The van der Waals surface area contributed by atoms with Gasteiger partial charge >= 0.3 is 0 Å². The first kappa shape index (κ1) is 25.5. The molecule has 1 N–H and O–H groups in total. The van der Waals surface area contributed by atoms with E-state index in [4.69, 9.17) is 19.6 Å². The average molecular weight is 506 g/mol. The summed E-state index contributed by atoms with van der Waals surface area (Å²) >= 11 is 0. The second kappa shape index (κ2) is 11.1. The molecule has 1 saturated carbocycles. The van der Waals surface area contributed by atoms with Crippen LogP contribution >= 0.6 is 0 Å². The molecule has 198 valence electrons. The summed E-state index contributed by atoms with van der Waals surface area (Å²) in [5.74, 6) is 2.11. The first-order chi connectivity index (χ1) is 18.0. The van der Waals surface area contributed by atoms with Gasteiger partial charge in [-0.1, -0.05) is 12.8 Å². The highest BCUT2D eigenvalue weighted by Gasteiger charge is 2.30. The molecule has 0 spiro atoms. The van der Waals surface area contributed by atoms with Gasteiger partial charge in [-0.25, -0.2) is 9.50 Å². The molecule has 2 aromatic heterocycles. The van der Waals surface area contributed by atoms with E-state index >= 15 is 0 Å². The highest BCUT2D eigenvalue weighted by molar-refractivity contribution is 5.76. The largest absolute Gasteiger partial charge is 0.497 e. The number of carbonyl (C=O) groups is 1. The van der Waals surface area contributed by atoms with E-state index in [1.165, 1.54) is 38.6 Å². The average Bonchev–Trinajstić information content (AvgIpc) is 3.67. The van der Waals surface area contributed by atoms with E-state index in [9.17, 15) is 4.79 Å². The predicted molar refractivity (Wildman–Crippen MR) is 144 cm³/mol. The molecule has 3 aromatic rings. The van der Waals surface area contributed by atoms with Crippen molar-refractivity contribution in [2.24, 2.45) is 5.92 Å². The van der Waals surface area contributed by atoms with Gasteiger partial charge in [0.2, 0.25) is 5.91 Å². The van der Waals surface area contributed by atoms with Crippen LogP contribution in [-0.2, 0) is 11.2 Å². The normalized spacial score (nSPS) is 18.5. The minimum atomic E-state index is 0.113. The van der Waals surface area contributed by atoms with Gasteiger partial charge in [0.25, 0.3) is 0 Å². The number of aryl methyl sites for hydroxylation is 2. The maximum Gasteiger partial charge on any atom is 0.220 e. The highest BCUT2D eigenvalue weighted by Crippen LogP contribution is 2.33. The van der Waals surface area contributed by atoms with Crippen LogP contribution in [-0.4, -0.2) is 65.3 Å². The molecule has 1 saturated heterocycles. The zero-order valence-corrected chi connectivity index (χ0v) is 22.5. The van der Waals surface area contributed by atoms with E-state index in [2.05, 4.69) is 10.2 Å². The molecule has 1 aliphatic carbocycles. The van der Waals surface area contributed by atoms with Gasteiger partial charge in [-0.15, -0.1) is 0 Å². The summed E-state index contributed by atoms with van der Waals surface area (Å²) in [6.07, 6.45) is 7.73. The molecule has 0 unspecified atom stereocenters. The van der Waals surface area contributed by atoms with Crippen LogP contribution in [0.2, 0.25) is 0 Å². The van der Waals surface area contributed by atoms with Crippen molar-refractivity contribution in [1.29, 1.82) is 0 Å². The van der Waals surface area contributed by atoms with Crippen molar-refractivity contribution in [3.05, 3.63) is 41.2 Å². The van der Waals surface area contributed by atoms with Crippen molar-refractivity contribution >= 4 is 11.6 Å². The fraction of sp³-hybridized carbons (Fsp3) is 0.552. The molecule has 2 aliphatic rings. The molecule has 8 nitrogen and oxygen atoms in total. The minimum Gasteiger partial charge on any atom is -0.497 e. The van der Waals surface area contributed by atoms with Gasteiger partial charge in [0.05, 0.1) is 19.9 Å². The van der Waals surface area contributed by atoms with E-state index in [0.29, 0.717) is 24.5 Å². The lowest BCUT2D eigenvalue weighted by atomic mass is 10.1. The van der Waals surface area contributed by atoms with Crippen LogP contribution in [0.1, 0.15) is 55.5 Å². The van der Waals surface area contributed by atoms with Gasteiger partial charge in [-0.05, 0) is 69.7 Å². The van der Waals surface area contributed by atoms with Crippen molar-refractivity contribution in [3.63, 3.8) is 0 Å². The first-order valence-corrected chi connectivity index (χ1v) is 13.6. The van der Waals surface area contributed by atoms with E-state index in [1.54, 1.807) is 14.2 Å². The summed E-state index contributed by atoms with van der Waals surface area (Å²) in [6.45, 7) is 7.15. The molecule has 1 aliphatic heterocycles. The summed E-state index contributed by atoms with van der Waals surface area (Å²) < 4.78 is 12.8. The number of benzene rings is 1. The molecule has 1 amide bonds. The standard InChI is InChI=1S/C29H39N5O3/c1-19-24(11-12-29(35)30-17-21-13-14-33(18-21)22-7-5-6-8-22)20(2)34-28(31-19)16-26(32-34)25-10-9-23(36-3)15-27(25)37-4/h9-10,15-16,21-22H,5-8,11-14,17-18H2,1-4H3,(H,30,35)/t21-/m0/s1. The van der Waals surface area contributed by atoms with Crippen LogP contribution in [0.4, 0.5) is 0 Å². The number of ether oxygens (including phenoxy) is 2. The smallest absolute Gasteiger partial charge is 0.220 e. The fourth-order valence-electron chi connectivity index (χ4n) is 6.05. The number of amides is 1. The molecular weight excluding hydrogens is 466 g/mol. The zero-order valence-electron chi connectivity index (χ0n) is 22.5. The summed E-state index contributed by atoms with van der Waals surface area (Å²) in [5.41, 5.74) is 5.47. The number of nitrogens with one attached hydrogen (secondary N) is 1. The van der Waals surface area contributed by atoms with E-state index < -0.39 is 0 Å². The number of likely N-dealkylation sites (tertiary alicyclic amines) is 1. The number of aromatic nitrogens is 3. The van der Waals surface area contributed by atoms with Gasteiger partial charge in [0.1, 0.15) is 11.5 Å². The number of carbonyl (C=O) groups excluding carboxylic acids is 1. The molecule has 0 radical (unpaired) electrons. The fourth-order valence-corrected chi connectivity index (χ4v) is 6.05. The molecule has 0 bridgehead atoms. The quantitative estimate of drug-likeness (QED) is 0.466. The number of methoxy groups -OCH3 is 2. The molecule has 2 fully saturated rings. The first-order valence-electron chi connectivity index (χ1n) is 13.6. The van der Waals surface area contributed by atoms with Crippen molar-refractivity contribution in [1.82, 2.24) is 24.8 Å². The molecular formula is C29H39N5O3. The Bertz CT molecular complexity index is 1260. The Hall–Kier alpha value is -3.13. The van der Waals surface area contributed by atoms with Crippen LogP contribution in [0, 0.1) is 19.8 Å². The summed E-state index contributed by atoms with van der Waals surface area (Å²) in [5, 5.41) is 8.03. The Kier molecular flexibility index (Phi) is 7.65. The Morgan fingerprint density at radius 1 is 1.11 bits per heavy atom. The highest BCUT2D eigenvalue weighted by atomic mass is 16.5. The van der Waals surface area contributed by atoms with Gasteiger partial charge in [-0.2, -0.15) is 5.10 Å². The molecule has 1 atom stereocenters. The topological polar surface area (TPSA) is 81.0 Å². The Morgan fingerprint density at radius 3 is 2.68 bits per heavy atom. The second-order valence-corrected chi connectivity index (χ2v) is 10.5. The zero-order chi connectivity index (χ0) is 25.9. The maximum atomic E-state index is 12.7. The molecule has 5 rings (SSSR count). The van der Waals surface area contributed by atoms with Crippen molar-refractivity contribution in [2.75, 3.05) is 33.9 Å². The van der Waals surface area contributed by atoms with E-state index in [1.807, 2.05) is 42.6 Å². The second-order valence-electron chi connectivity index (χ2n) is 10.5. The lowest BCUT2D eigenvalue weighted by molar-refractivity contribution is -0.121. The summed E-state index contributed by atoms with van der Waals surface area (Å²) in [6, 6.07) is 8.45. The Labute approximate surface area is 219 Å². The molecule has 3 heterocycles. The van der Waals surface area contributed by atoms with Crippen LogP contribution in [0.15, 0.2) is 24.3 Å². The minimum absolute atomic E-state index is 0.113. The molecule has 1 aromatic carbocycles. The SMILES string of the molecule is COc1ccc(-c2cc3nc(C)c(CCC(=O)NC[C@@H]4CCN(C5CCCC5)C4)c(C)n3n2)c(OC)c1. The van der Waals surface area contributed by atoms with Gasteiger partial charge in [0, 0.05) is 54.6 Å². The lowest BCUT2D eigenvalue weighted by Gasteiger charge is -2.23. The van der Waals surface area contributed by atoms with Crippen molar-refractivity contribution in [2.45, 2.75) is 64.8 Å². The Morgan fingerprint density at radius 2 is 1.92 bits per heavy atom. The number of hydrogen-bond acceptors (Lipinski definition) is 6. The maximum absolute atomic E-state index is 12.7. The van der Waals surface area contributed by atoms with Gasteiger partial charge in [0.15, 0.2) is 5.65 Å². The third-order valence-corrected chi connectivity index (χ3v) is 8.20. The van der Waals surface area contributed by atoms with E-state index in [0.717, 1.165) is 58.7 Å². The molecule has 37 heavy (non-hydrogen) atoms. The van der Waals surface area contributed by atoms with Crippen molar-refractivity contribution < 1.29 is 14.3 Å². The van der Waals surface area contributed by atoms with Crippen LogP contribution in [0.5, 0.6) is 11.5 Å². The number of fused-ring (bicyclic) bond motifs is 1. The predicted octanol–water partition coefficient (Wildman–Crippen LogP) is 4.34. The van der Waals surface area contributed by atoms with Gasteiger partial charge in [-0.3, -0.25) is 4.79 Å². The third-order valence-electron chi connectivity index (χ3n) is 8.20. The summed E-state index contributed by atoms with van der Waals surface area (Å²) in [7, 11) is 3.28. The monoisotopic (exact) mass is 505 g/mol. The number of nitrogens with zero attached hydrogens (tertiary/aromatic N) is 4. The van der Waals surface area contributed by atoms with Crippen LogP contribution in [0.25, 0.3) is 16.9 Å². The number of rotatable bonds is 9. The van der Waals surface area contributed by atoms with Gasteiger partial charge < -0.3 is 19.7 Å². The van der Waals surface area contributed by atoms with Crippen molar-refractivity contribution in [3.8, 4) is 22.8 Å². The Balaban J connectivity index is 1.22. The lowest BCUT2D eigenvalue weighted by Crippen LogP contribution is -2.34. The van der Waals surface area contributed by atoms with Crippen LogP contribution < -0.4 is 14.8 Å². The van der Waals surface area contributed by atoms with E-state index in [-0.39, 0.29) is 5.91 Å². The van der Waals surface area contributed by atoms with Crippen LogP contribution in [0.3, 0.4) is 0 Å². The number of hydrogen-bond donors (Lipinski definition) is 1. The molecule has 8 heteroatoms. The third kappa shape index (κ3) is 5.44. The summed E-state index contributed by atoms with van der Waals surface area (Å²) in [4.78, 5) is 20.2.